The van der Waals surface area contributed by atoms with Crippen molar-refractivity contribution in [3.8, 4) is 0 Å². The van der Waals surface area contributed by atoms with Gasteiger partial charge in [0.1, 0.15) is 0 Å². The third-order valence-electron chi connectivity index (χ3n) is 4.07. The molecular weight excluding hydrogens is 282 g/mol. The Bertz CT molecular complexity index is 599. The Morgan fingerprint density at radius 2 is 1.57 bits per heavy atom. The van der Waals surface area contributed by atoms with Crippen molar-refractivity contribution in [3.63, 3.8) is 0 Å². The largest absolute Gasteiger partial charge is 0.330 e. The van der Waals surface area contributed by atoms with Crippen molar-refractivity contribution < 1.29 is 4.79 Å². The molecular formula is C18H18ClNO. The number of hydrogen-bond donors (Lipinski definition) is 0. The molecule has 0 spiro atoms. The molecule has 0 saturated carbocycles. The van der Waals surface area contributed by atoms with E-state index in [0.717, 1.165) is 12.0 Å². The van der Waals surface area contributed by atoms with Crippen LogP contribution in [0.25, 0.3) is 0 Å². The zero-order valence-electron chi connectivity index (χ0n) is 11.8. The first kappa shape index (κ1) is 14.2. The highest BCUT2D eigenvalue weighted by atomic mass is 35.5. The summed E-state index contributed by atoms with van der Waals surface area (Å²) in [6.45, 7) is 0.665. The molecule has 1 heterocycles. The van der Waals surface area contributed by atoms with Gasteiger partial charge in [-0.3, -0.25) is 4.79 Å². The van der Waals surface area contributed by atoms with E-state index in [4.69, 9.17) is 11.6 Å². The van der Waals surface area contributed by atoms with Gasteiger partial charge in [0.05, 0.1) is 12.0 Å². The van der Waals surface area contributed by atoms with E-state index in [2.05, 4.69) is 24.3 Å². The van der Waals surface area contributed by atoms with Gasteiger partial charge in [-0.1, -0.05) is 60.7 Å². The molecule has 1 aliphatic heterocycles. The highest BCUT2D eigenvalue weighted by Crippen LogP contribution is 2.42. The van der Waals surface area contributed by atoms with E-state index in [-0.39, 0.29) is 17.9 Å². The van der Waals surface area contributed by atoms with Gasteiger partial charge in [-0.25, -0.2) is 0 Å². The van der Waals surface area contributed by atoms with Crippen molar-refractivity contribution in [2.45, 2.75) is 19.0 Å². The van der Waals surface area contributed by atoms with E-state index in [0.29, 0.717) is 12.4 Å². The lowest BCUT2D eigenvalue weighted by atomic mass is 9.80. The Balaban J connectivity index is 1.83. The molecule has 3 heteroatoms. The summed E-state index contributed by atoms with van der Waals surface area (Å²) in [6, 6.07) is 20.5. The Morgan fingerprint density at radius 1 is 0.952 bits per heavy atom. The first-order valence-corrected chi connectivity index (χ1v) is 7.80. The summed E-state index contributed by atoms with van der Waals surface area (Å²) in [7, 11) is 0. The minimum atomic E-state index is 0.0219. The van der Waals surface area contributed by atoms with E-state index >= 15 is 0 Å². The fourth-order valence-electron chi connectivity index (χ4n) is 3.04. The molecule has 3 rings (SSSR count). The average molecular weight is 300 g/mol. The lowest BCUT2D eigenvalue weighted by Gasteiger charge is -2.47. The molecule has 2 atom stereocenters. The van der Waals surface area contributed by atoms with Crippen LogP contribution in [0.3, 0.4) is 0 Å². The molecule has 0 N–H and O–H groups in total. The Hall–Kier alpha value is -1.80. The van der Waals surface area contributed by atoms with E-state index < -0.39 is 0 Å². The van der Waals surface area contributed by atoms with Crippen LogP contribution < -0.4 is 0 Å². The summed E-state index contributed by atoms with van der Waals surface area (Å²) in [5.74, 6) is 0.765. The second-order valence-electron chi connectivity index (χ2n) is 5.39. The van der Waals surface area contributed by atoms with Crippen LogP contribution in [0.1, 0.15) is 23.6 Å². The van der Waals surface area contributed by atoms with Crippen LogP contribution in [0.5, 0.6) is 0 Å². The van der Waals surface area contributed by atoms with Gasteiger partial charge in [-0.2, -0.15) is 0 Å². The normalized spacial score (nSPS) is 21.2. The fraction of sp³-hybridized carbons (Fsp3) is 0.278. The van der Waals surface area contributed by atoms with Crippen LogP contribution in [0.4, 0.5) is 0 Å². The Labute approximate surface area is 130 Å². The smallest absolute Gasteiger partial charge is 0.229 e. The second-order valence-corrected chi connectivity index (χ2v) is 5.77. The predicted octanol–water partition coefficient (Wildman–Crippen LogP) is 4.02. The van der Waals surface area contributed by atoms with Crippen molar-refractivity contribution >= 4 is 17.5 Å². The Kier molecular flexibility index (Phi) is 4.26. The monoisotopic (exact) mass is 299 g/mol. The number of β-lactam (4-membered cyclic amide) rings is 1. The summed E-state index contributed by atoms with van der Waals surface area (Å²) in [5.41, 5.74) is 2.36. The number of rotatable bonds is 5. The van der Waals surface area contributed by atoms with Crippen LogP contribution in [0.15, 0.2) is 60.7 Å². The first-order valence-electron chi connectivity index (χ1n) is 7.26. The number of nitrogens with zero attached hydrogens (tertiary/aromatic N) is 1. The number of alkyl halides is 1. The molecule has 0 unspecified atom stereocenters. The molecule has 0 bridgehead atoms. The van der Waals surface area contributed by atoms with Crippen molar-refractivity contribution in [1.82, 2.24) is 4.90 Å². The Morgan fingerprint density at radius 3 is 2.19 bits per heavy atom. The molecule has 1 amide bonds. The molecule has 1 saturated heterocycles. The standard InChI is InChI=1S/C18H18ClNO/c19-12-11-16-17(15-9-5-2-6-10-15)20(18(16)21)13-14-7-3-1-4-8-14/h1-10,16-17H,11-13H2/t16-,17-/m1/s1. The van der Waals surface area contributed by atoms with Crippen molar-refractivity contribution in [3.05, 3.63) is 71.8 Å². The number of benzene rings is 2. The number of carbonyl (C=O) groups is 1. The maximum absolute atomic E-state index is 12.4. The van der Waals surface area contributed by atoms with Gasteiger partial charge in [-0.15, -0.1) is 11.6 Å². The lowest BCUT2D eigenvalue weighted by molar-refractivity contribution is -0.158. The fourth-order valence-corrected chi connectivity index (χ4v) is 3.27. The molecule has 1 aliphatic rings. The average Bonchev–Trinajstić information content (AvgIpc) is 2.55. The summed E-state index contributed by atoms with van der Waals surface area (Å²) in [6.07, 6.45) is 0.741. The van der Waals surface area contributed by atoms with Crippen LogP contribution in [0.2, 0.25) is 0 Å². The van der Waals surface area contributed by atoms with Crippen molar-refractivity contribution in [1.29, 1.82) is 0 Å². The van der Waals surface area contributed by atoms with Crippen molar-refractivity contribution in [2.75, 3.05) is 5.88 Å². The number of carbonyl (C=O) groups excluding carboxylic acids is 1. The van der Waals surface area contributed by atoms with Gasteiger partial charge in [-0.05, 0) is 17.5 Å². The molecule has 21 heavy (non-hydrogen) atoms. The highest BCUT2D eigenvalue weighted by Gasteiger charge is 2.46. The zero-order valence-corrected chi connectivity index (χ0v) is 12.5. The second kappa shape index (κ2) is 6.31. The summed E-state index contributed by atoms with van der Waals surface area (Å²) < 4.78 is 0. The van der Waals surface area contributed by atoms with Crippen LogP contribution in [-0.2, 0) is 11.3 Å². The van der Waals surface area contributed by atoms with Crippen LogP contribution >= 0.6 is 11.6 Å². The highest BCUT2D eigenvalue weighted by molar-refractivity contribution is 6.18. The van der Waals surface area contributed by atoms with E-state index in [1.54, 1.807) is 0 Å². The van der Waals surface area contributed by atoms with E-state index in [9.17, 15) is 4.79 Å². The number of amides is 1. The molecule has 2 aromatic rings. The number of halogens is 1. The van der Waals surface area contributed by atoms with Gasteiger partial charge >= 0.3 is 0 Å². The van der Waals surface area contributed by atoms with Gasteiger partial charge in [0.25, 0.3) is 0 Å². The van der Waals surface area contributed by atoms with Crippen molar-refractivity contribution in [2.24, 2.45) is 5.92 Å². The lowest BCUT2D eigenvalue weighted by Crippen LogP contribution is -2.54. The van der Waals surface area contributed by atoms with Gasteiger partial charge in [0.15, 0.2) is 0 Å². The van der Waals surface area contributed by atoms with Gasteiger partial charge < -0.3 is 4.90 Å². The summed E-state index contributed by atoms with van der Waals surface area (Å²) >= 11 is 5.86. The first-order chi connectivity index (χ1) is 10.3. The quantitative estimate of drug-likeness (QED) is 0.603. The summed E-state index contributed by atoms with van der Waals surface area (Å²) in [5, 5.41) is 0. The van der Waals surface area contributed by atoms with Gasteiger partial charge in [0.2, 0.25) is 5.91 Å². The predicted molar refractivity (Wildman–Crippen MR) is 85.0 cm³/mol. The molecule has 2 nitrogen and oxygen atoms in total. The third-order valence-corrected chi connectivity index (χ3v) is 4.29. The molecule has 0 radical (unpaired) electrons. The molecule has 0 aliphatic carbocycles. The van der Waals surface area contributed by atoms with E-state index in [1.807, 2.05) is 41.3 Å². The van der Waals surface area contributed by atoms with Crippen LogP contribution in [0, 0.1) is 5.92 Å². The maximum atomic E-state index is 12.4. The van der Waals surface area contributed by atoms with Crippen LogP contribution in [-0.4, -0.2) is 16.7 Å². The maximum Gasteiger partial charge on any atom is 0.229 e. The molecule has 1 fully saturated rings. The van der Waals surface area contributed by atoms with Gasteiger partial charge in [0, 0.05) is 12.4 Å². The third kappa shape index (κ3) is 2.81. The molecule has 2 aromatic carbocycles. The topological polar surface area (TPSA) is 20.3 Å². The number of hydrogen-bond acceptors (Lipinski definition) is 1. The van der Waals surface area contributed by atoms with E-state index in [1.165, 1.54) is 5.56 Å². The number of likely N-dealkylation sites (tertiary alicyclic amines) is 1. The summed E-state index contributed by atoms with van der Waals surface area (Å²) in [4.78, 5) is 14.4. The minimum Gasteiger partial charge on any atom is -0.330 e. The SMILES string of the molecule is O=C1[C@H](CCCl)[C@@H](c2ccccc2)N1Cc1ccccc1. The zero-order chi connectivity index (χ0) is 14.7. The minimum absolute atomic E-state index is 0.0219. The molecule has 108 valence electrons. The molecule has 0 aromatic heterocycles.